The van der Waals surface area contributed by atoms with Crippen LogP contribution >= 0.6 is 27.3 Å². The van der Waals surface area contributed by atoms with Crippen molar-refractivity contribution in [1.82, 2.24) is 0 Å². The number of hydrogen-bond acceptors (Lipinski definition) is 6. The lowest BCUT2D eigenvalue weighted by Crippen LogP contribution is -2.43. The summed E-state index contributed by atoms with van der Waals surface area (Å²) in [5, 5.41) is 4.32. The van der Waals surface area contributed by atoms with Crippen molar-refractivity contribution in [2.75, 3.05) is 30.5 Å². The molecule has 2 aromatic rings. The molecule has 3 rings (SSSR count). The molecule has 2 amide bonds. The number of amides is 2. The van der Waals surface area contributed by atoms with Gasteiger partial charge in [-0.15, -0.1) is 11.3 Å². The number of methoxy groups -OCH3 is 1. The summed E-state index contributed by atoms with van der Waals surface area (Å²) < 4.78 is 10.9. The van der Waals surface area contributed by atoms with Crippen LogP contribution in [0, 0.1) is 0 Å². The van der Waals surface area contributed by atoms with Crippen molar-refractivity contribution in [3.05, 3.63) is 39.0 Å². The van der Waals surface area contributed by atoms with Gasteiger partial charge in [-0.25, -0.2) is 4.79 Å². The number of hydrogen-bond donors (Lipinski definition) is 1. The van der Waals surface area contributed by atoms with Crippen molar-refractivity contribution in [3.8, 4) is 5.75 Å². The fourth-order valence-electron chi connectivity index (χ4n) is 2.34. The van der Waals surface area contributed by atoms with Crippen LogP contribution in [0.1, 0.15) is 9.67 Å². The van der Waals surface area contributed by atoms with Gasteiger partial charge in [-0.1, -0.05) is 15.9 Å². The van der Waals surface area contributed by atoms with Gasteiger partial charge in [-0.3, -0.25) is 14.5 Å². The number of halogens is 1. The third-order valence-electron chi connectivity index (χ3n) is 3.48. The normalized spacial score (nSPS) is 13.0. The van der Waals surface area contributed by atoms with Crippen LogP contribution in [-0.4, -0.2) is 38.0 Å². The fourth-order valence-corrected chi connectivity index (χ4v) is 3.45. The molecule has 1 aliphatic rings. The van der Waals surface area contributed by atoms with E-state index in [9.17, 15) is 14.4 Å². The number of carbonyl (C=O) groups is 3. The second kappa shape index (κ2) is 7.24. The Morgan fingerprint density at radius 2 is 2.20 bits per heavy atom. The van der Waals surface area contributed by atoms with Gasteiger partial charge in [0.1, 0.15) is 17.2 Å². The zero-order valence-corrected chi connectivity index (χ0v) is 15.5. The lowest BCUT2D eigenvalue weighted by molar-refractivity contribution is -0.123. The molecule has 0 aliphatic carbocycles. The molecule has 0 radical (unpaired) electrons. The molecule has 1 aliphatic heterocycles. The molecule has 7 nitrogen and oxygen atoms in total. The molecular weight excluding hydrogens is 412 g/mol. The Morgan fingerprint density at radius 3 is 2.96 bits per heavy atom. The minimum Gasteiger partial charge on any atom is -0.482 e. The first-order valence-corrected chi connectivity index (χ1v) is 8.85. The van der Waals surface area contributed by atoms with Gasteiger partial charge in [-0.2, -0.15) is 0 Å². The van der Waals surface area contributed by atoms with Crippen LogP contribution in [0.4, 0.5) is 11.4 Å². The Hall–Kier alpha value is -2.39. The molecule has 0 saturated heterocycles. The molecule has 9 heteroatoms. The molecule has 130 valence electrons. The molecule has 0 spiro atoms. The molecule has 0 bridgehead atoms. The van der Waals surface area contributed by atoms with Gasteiger partial charge in [0.05, 0.1) is 18.5 Å². The first-order chi connectivity index (χ1) is 12.0. The lowest BCUT2D eigenvalue weighted by atomic mass is 10.2. The van der Waals surface area contributed by atoms with Crippen LogP contribution < -0.4 is 15.0 Å². The minimum absolute atomic E-state index is 0.136. The van der Waals surface area contributed by atoms with Gasteiger partial charge < -0.3 is 14.8 Å². The Labute approximate surface area is 155 Å². The summed E-state index contributed by atoms with van der Waals surface area (Å²) >= 11 is 4.51. The van der Waals surface area contributed by atoms with E-state index < -0.39 is 11.9 Å². The highest BCUT2D eigenvalue weighted by molar-refractivity contribution is 9.10. The second-order valence-electron chi connectivity index (χ2n) is 5.08. The Bertz CT molecular complexity index is 851. The summed E-state index contributed by atoms with van der Waals surface area (Å²) in [6, 6.07) is 6.82. The molecule has 1 aromatic carbocycles. The molecule has 1 aromatic heterocycles. The third kappa shape index (κ3) is 3.67. The van der Waals surface area contributed by atoms with Crippen LogP contribution in [0.25, 0.3) is 0 Å². The van der Waals surface area contributed by atoms with E-state index in [1.165, 1.54) is 23.3 Å². The minimum atomic E-state index is -0.525. The summed E-state index contributed by atoms with van der Waals surface area (Å²) in [5.41, 5.74) is 0.881. The average molecular weight is 425 g/mol. The summed E-state index contributed by atoms with van der Waals surface area (Å²) in [4.78, 5) is 37.8. The Morgan fingerprint density at radius 1 is 1.40 bits per heavy atom. The summed E-state index contributed by atoms with van der Waals surface area (Å²) in [6.45, 7) is -0.324. The largest absolute Gasteiger partial charge is 0.482 e. The van der Waals surface area contributed by atoms with Gasteiger partial charge in [0.2, 0.25) is 5.91 Å². The van der Waals surface area contributed by atoms with E-state index in [1.807, 2.05) is 0 Å². The molecule has 0 fully saturated rings. The number of thiophene rings is 1. The Kier molecular flexibility index (Phi) is 5.05. The molecule has 0 atom stereocenters. The Balaban J connectivity index is 1.77. The topological polar surface area (TPSA) is 84.9 Å². The van der Waals surface area contributed by atoms with Gasteiger partial charge in [0.15, 0.2) is 6.61 Å². The SMILES string of the molecule is COC(=O)c1sccc1NC(=O)CN1C(=O)COc2cc(Br)ccc21. The molecule has 0 unspecified atom stereocenters. The van der Waals surface area contributed by atoms with Gasteiger partial charge in [0.25, 0.3) is 5.91 Å². The van der Waals surface area contributed by atoms with Crippen LogP contribution in [0.5, 0.6) is 5.75 Å². The number of esters is 1. The van der Waals surface area contributed by atoms with E-state index in [0.29, 0.717) is 22.0 Å². The predicted molar refractivity (Wildman–Crippen MR) is 96.3 cm³/mol. The van der Waals surface area contributed by atoms with E-state index >= 15 is 0 Å². The molecular formula is C16H13BrN2O5S. The highest BCUT2D eigenvalue weighted by Gasteiger charge is 2.28. The smallest absolute Gasteiger partial charge is 0.350 e. The third-order valence-corrected chi connectivity index (χ3v) is 4.86. The number of ether oxygens (including phenoxy) is 2. The standard InChI is InChI=1S/C16H13BrN2O5S/c1-23-16(22)15-10(4-5-25-15)18-13(20)7-19-11-3-2-9(17)6-12(11)24-8-14(19)21/h2-6H,7-8H2,1H3,(H,18,20). The van der Waals surface area contributed by atoms with Gasteiger partial charge >= 0.3 is 5.97 Å². The van der Waals surface area contributed by atoms with Crippen LogP contribution in [0.2, 0.25) is 0 Å². The molecule has 1 N–H and O–H groups in total. The van der Waals surface area contributed by atoms with Crippen molar-refractivity contribution in [2.45, 2.75) is 0 Å². The average Bonchev–Trinajstić information content (AvgIpc) is 3.04. The van der Waals surface area contributed by atoms with Crippen molar-refractivity contribution in [1.29, 1.82) is 0 Å². The van der Waals surface area contributed by atoms with E-state index in [-0.39, 0.29) is 19.1 Å². The predicted octanol–water partition coefficient (Wildman–Crippen LogP) is 2.66. The van der Waals surface area contributed by atoms with Crippen LogP contribution in [0.15, 0.2) is 34.1 Å². The molecule has 0 saturated carbocycles. The first-order valence-electron chi connectivity index (χ1n) is 7.18. The first kappa shape index (κ1) is 17.4. The van der Waals surface area contributed by atoms with E-state index in [4.69, 9.17) is 4.74 Å². The number of benzene rings is 1. The quantitative estimate of drug-likeness (QED) is 0.762. The van der Waals surface area contributed by atoms with Crippen molar-refractivity contribution >= 4 is 56.4 Å². The summed E-state index contributed by atoms with van der Waals surface area (Å²) in [6.07, 6.45) is 0. The number of nitrogens with zero attached hydrogens (tertiary/aromatic N) is 1. The zero-order valence-electron chi connectivity index (χ0n) is 13.1. The number of rotatable bonds is 4. The molecule has 25 heavy (non-hydrogen) atoms. The van der Waals surface area contributed by atoms with Crippen molar-refractivity contribution in [2.24, 2.45) is 0 Å². The van der Waals surface area contributed by atoms with Crippen LogP contribution in [-0.2, 0) is 14.3 Å². The van der Waals surface area contributed by atoms with E-state index in [0.717, 1.165) is 4.47 Å². The maximum absolute atomic E-state index is 12.4. The summed E-state index contributed by atoms with van der Waals surface area (Å²) in [5.74, 6) is -0.744. The van der Waals surface area contributed by atoms with Crippen molar-refractivity contribution in [3.63, 3.8) is 0 Å². The number of nitrogens with one attached hydrogen (secondary N) is 1. The number of fused-ring (bicyclic) bond motifs is 1. The lowest BCUT2D eigenvalue weighted by Gasteiger charge is -2.28. The zero-order chi connectivity index (χ0) is 18.0. The summed E-state index contributed by atoms with van der Waals surface area (Å²) in [7, 11) is 1.27. The second-order valence-corrected chi connectivity index (χ2v) is 6.92. The number of carbonyl (C=O) groups excluding carboxylic acids is 3. The fraction of sp³-hybridized carbons (Fsp3) is 0.188. The van der Waals surface area contributed by atoms with Crippen LogP contribution in [0.3, 0.4) is 0 Å². The maximum Gasteiger partial charge on any atom is 0.350 e. The van der Waals surface area contributed by atoms with Gasteiger partial charge in [-0.05, 0) is 29.6 Å². The van der Waals surface area contributed by atoms with Gasteiger partial charge in [0, 0.05) is 4.47 Å². The van der Waals surface area contributed by atoms with E-state index in [1.54, 1.807) is 29.6 Å². The van der Waals surface area contributed by atoms with E-state index in [2.05, 4.69) is 26.0 Å². The van der Waals surface area contributed by atoms with Crippen molar-refractivity contribution < 1.29 is 23.9 Å². The number of anilines is 2. The highest BCUT2D eigenvalue weighted by atomic mass is 79.9. The highest BCUT2D eigenvalue weighted by Crippen LogP contribution is 2.34. The monoisotopic (exact) mass is 424 g/mol. The maximum atomic E-state index is 12.4. The molecule has 2 heterocycles.